The van der Waals surface area contributed by atoms with E-state index >= 15 is 0 Å². The summed E-state index contributed by atoms with van der Waals surface area (Å²) in [5.74, 6) is 0.242. The van der Waals surface area contributed by atoms with Crippen LogP contribution in [-0.2, 0) is 16.0 Å². The van der Waals surface area contributed by atoms with Crippen LogP contribution >= 0.6 is 11.6 Å². The fourth-order valence-electron chi connectivity index (χ4n) is 4.95. The molecular weight excluding hydrogens is 506 g/mol. The molecule has 0 radical (unpaired) electrons. The average molecular weight is 532 g/mol. The zero-order valence-electron chi connectivity index (χ0n) is 20.9. The quantitative estimate of drug-likeness (QED) is 0.270. The average Bonchev–Trinajstić information content (AvgIpc) is 3.72. The van der Waals surface area contributed by atoms with Gasteiger partial charge in [0.2, 0.25) is 0 Å². The number of hydrogen-bond donors (Lipinski definition) is 0. The van der Waals surface area contributed by atoms with Crippen LogP contribution in [-0.4, -0.2) is 43.1 Å². The van der Waals surface area contributed by atoms with Gasteiger partial charge in [0.05, 0.1) is 29.8 Å². The van der Waals surface area contributed by atoms with Gasteiger partial charge in [0, 0.05) is 49.4 Å². The molecule has 194 valence electrons. The van der Waals surface area contributed by atoms with Crippen LogP contribution in [0, 0.1) is 0 Å². The minimum atomic E-state index is -0.302. The summed E-state index contributed by atoms with van der Waals surface area (Å²) in [5.41, 5.74) is 3.73. The normalized spacial score (nSPS) is 14.9. The molecule has 4 aromatic rings. The molecule has 0 saturated heterocycles. The second-order valence-corrected chi connectivity index (χ2v) is 9.87. The molecule has 0 spiro atoms. The van der Waals surface area contributed by atoms with Gasteiger partial charge in [0.25, 0.3) is 5.91 Å². The zero-order valence-corrected chi connectivity index (χ0v) is 21.6. The Hall–Kier alpha value is -4.04. The van der Waals surface area contributed by atoms with Crippen LogP contribution in [0.2, 0.25) is 5.02 Å². The van der Waals surface area contributed by atoms with Crippen molar-refractivity contribution in [2.24, 2.45) is 0 Å². The van der Waals surface area contributed by atoms with E-state index in [-0.39, 0.29) is 18.3 Å². The fourth-order valence-corrected chi connectivity index (χ4v) is 5.14. The first kappa shape index (κ1) is 24.3. The predicted octanol–water partition coefficient (Wildman–Crippen LogP) is 6.01. The lowest BCUT2D eigenvalue weighted by atomic mass is 10.1. The first-order valence-electron chi connectivity index (χ1n) is 12.6. The van der Waals surface area contributed by atoms with Gasteiger partial charge in [-0.05, 0) is 49.1 Å². The number of furan rings is 1. The van der Waals surface area contributed by atoms with Crippen LogP contribution in [0.15, 0.2) is 65.5 Å². The van der Waals surface area contributed by atoms with Crippen LogP contribution in [0.25, 0.3) is 11.0 Å². The van der Waals surface area contributed by atoms with Crippen LogP contribution in [0.4, 0.5) is 11.4 Å². The number of ether oxygens (including phenoxy) is 2. The zero-order chi connectivity index (χ0) is 26.2. The third-order valence-corrected chi connectivity index (χ3v) is 7.34. The molecule has 2 aliphatic rings. The van der Waals surface area contributed by atoms with E-state index in [0.717, 1.165) is 28.9 Å². The van der Waals surface area contributed by atoms with Crippen molar-refractivity contribution in [1.82, 2.24) is 4.98 Å². The molecule has 1 aliphatic heterocycles. The smallest absolute Gasteiger partial charge is 0.305 e. The number of benzene rings is 2. The van der Waals surface area contributed by atoms with Crippen molar-refractivity contribution < 1.29 is 23.5 Å². The van der Waals surface area contributed by atoms with Gasteiger partial charge in [-0.25, -0.2) is 0 Å². The Morgan fingerprint density at radius 3 is 2.71 bits per heavy atom. The lowest BCUT2D eigenvalue weighted by Gasteiger charge is -2.38. The standard InChI is InChI=1S/C29H26ClN3O5/c1-36-28(34)9-6-18-17-37-26-15-22(30)27(14-20(18)26)38-25-10-11-31-16-21(25)29(35)33-13-12-32(19-7-8-19)23-4-2-3-5-24(23)33/h2-5,10-11,14-17,19H,6-9,12-13H2,1H3. The van der Waals surface area contributed by atoms with E-state index in [4.69, 9.17) is 25.5 Å². The molecule has 1 saturated carbocycles. The van der Waals surface area contributed by atoms with Crippen molar-refractivity contribution in [2.75, 3.05) is 30.0 Å². The third-order valence-electron chi connectivity index (χ3n) is 7.04. The minimum Gasteiger partial charge on any atom is -0.469 e. The molecule has 2 aromatic heterocycles. The second-order valence-electron chi connectivity index (χ2n) is 9.46. The number of fused-ring (bicyclic) bond motifs is 2. The van der Waals surface area contributed by atoms with E-state index in [0.29, 0.717) is 46.7 Å². The number of hydrogen-bond acceptors (Lipinski definition) is 7. The molecule has 9 heteroatoms. The van der Waals surface area contributed by atoms with Gasteiger partial charge >= 0.3 is 5.97 Å². The monoisotopic (exact) mass is 531 g/mol. The Labute approximate surface area is 224 Å². The summed E-state index contributed by atoms with van der Waals surface area (Å²) in [7, 11) is 1.36. The molecule has 8 nitrogen and oxygen atoms in total. The summed E-state index contributed by atoms with van der Waals surface area (Å²) < 4.78 is 16.6. The maximum atomic E-state index is 13.8. The maximum Gasteiger partial charge on any atom is 0.305 e. The van der Waals surface area contributed by atoms with Crippen LogP contribution in [0.3, 0.4) is 0 Å². The molecule has 0 N–H and O–H groups in total. The number of esters is 1. The number of carbonyl (C=O) groups excluding carboxylic acids is 2. The number of carbonyl (C=O) groups is 2. The van der Waals surface area contributed by atoms with Gasteiger partial charge in [-0.3, -0.25) is 14.6 Å². The highest BCUT2D eigenvalue weighted by Crippen LogP contribution is 2.41. The summed E-state index contributed by atoms with van der Waals surface area (Å²) in [6.45, 7) is 1.35. The number of aromatic nitrogens is 1. The highest BCUT2D eigenvalue weighted by atomic mass is 35.5. The number of rotatable bonds is 7. The molecular formula is C29H26ClN3O5. The Morgan fingerprint density at radius 1 is 1.11 bits per heavy atom. The molecule has 1 amide bonds. The highest BCUT2D eigenvalue weighted by molar-refractivity contribution is 6.32. The Morgan fingerprint density at radius 2 is 1.92 bits per heavy atom. The number of methoxy groups -OCH3 is 1. The van der Waals surface area contributed by atoms with Crippen molar-refractivity contribution in [1.29, 1.82) is 0 Å². The molecule has 0 bridgehead atoms. The van der Waals surface area contributed by atoms with Gasteiger partial charge in [0.1, 0.15) is 22.6 Å². The molecule has 6 rings (SSSR count). The number of anilines is 2. The van der Waals surface area contributed by atoms with E-state index in [2.05, 4.69) is 16.0 Å². The molecule has 1 fully saturated rings. The lowest BCUT2D eigenvalue weighted by Crippen LogP contribution is -2.45. The number of nitrogens with zero attached hydrogens (tertiary/aromatic N) is 3. The van der Waals surface area contributed by atoms with Gasteiger partial charge in [-0.15, -0.1) is 0 Å². The van der Waals surface area contributed by atoms with Crippen molar-refractivity contribution in [2.45, 2.75) is 31.7 Å². The van der Waals surface area contributed by atoms with Crippen LogP contribution in [0.5, 0.6) is 11.5 Å². The van der Waals surface area contributed by atoms with Gasteiger partial charge in [0.15, 0.2) is 0 Å². The molecule has 1 aliphatic carbocycles. The first-order chi connectivity index (χ1) is 18.5. The number of pyridine rings is 1. The predicted molar refractivity (Wildman–Crippen MR) is 144 cm³/mol. The molecule has 2 aromatic carbocycles. The van der Waals surface area contributed by atoms with Crippen molar-refractivity contribution >= 4 is 45.8 Å². The number of halogens is 1. The van der Waals surface area contributed by atoms with E-state index in [9.17, 15) is 9.59 Å². The largest absolute Gasteiger partial charge is 0.469 e. The second kappa shape index (κ2) is 10.0. The third kappa shape index (κ3) is 4.56. The maximum absolute atomic E-state index is 13.8. The van der Waals surface area contributed by atoms with Gasteiger partial charge in [-0.1, -0.05) is 23.7 Å². The van der Waals surface area contributed by atoms with Gasteiger partial charge < -0.3 is 23.7 Å². The molecule has 38 heavy (non-hydrogen) atoms. The van der Waals surface area contributed by atoms with Crippen LogP contribution in [0.1, 0.15) is 35.2 Å². The van der Waals surface area contributed by atoms with Crippen molar-refractivity contribution in [3.8, 4) is 11.5 Å². The summed E-state index contributed by atoms with van der Waals surface area (Å²) in [4.78, 5) is 33.9. The molecule has 0 atom stereocenters. The number of para-hydroxylation sites is 2. The molecule has 3 heterocycles. The van der Waals surface area contributed by atoms with Crippen LogP contribution < -0.4 is 14.5 Å². The topological polar surface area (TPSA) is 85.1 Å². The number of amides is 1. The van der Waals surface area contributed by atoms with Crippen molar-refractivity contribution in [3.63, 3.8) is 0 Å². The SMILES string of the molecule is COC(=O)CCc1coc2cc(Cl)c(Oc3ccncc3C(=O)N3CCN(C4CC4)c4ccccc43)cc12. The van der Waals surface area contributed by atoms with Gasteiger partial charge in [-0.2, -0.15) is 0 Å². The Bertz CT molecular complexity index is 1530. The summed E-state index contributed by atoms with van der Waals surface area (Å²) in [6.07, 6.45) is 7.77. The highest BCUT2D eigenvalue weighted by Gasteiger charge is 2.36. The number of aryl methyl sites for hydroxylation is 1. The summed E-state index contributed by atoms with van der Waals surface area (Å²) >= 11 is 6.54. The van der Waals surface area contributed by atoms with E-state index < -0.39 is 0 Å². The lowest BCUT2D eigenvalue weighted by molar-refractivity contribution is -0.140. The summed E-state index contributed by atoms with van der Waals surface area (Å²) in [6, 6.07) is 13.7. The Balaban J connectivity index is 1.30. The van der Waals surface area contributed by atoms with Crippen molar-refractivity contribution in [3.05, 3.63) is 77.3 Å². The fraction of sp³-hybridized carbons (Fsp3) is 0.276. The van der Waals surface area contributed by atoms with E-state index in [1.165, 1.54) is 26.1 Å². The minimum absolute atomic E-state index is 0.185. The first-order valence-corrected chi connectivity index (χ1v) is 13.0. The van der Waals surface area contributed by atoms with E-state index in [1.54, 1.807) is 35.6 Å². The Kier molecular flexibility index (Phi) is 6.41. The van der Waals surface area contributed by atoms with E-state index in [1.807, 2.05) is 18.2 Å². The summed E-state index contributed by atoms with van der Waals surface area (Å²) in [5, 5.41) is 1.12. The molecule has 0 unspecified atom stereocenters.